The zero-order valence-electron chi connectivity index (χ0n) is 11.2. The van der Waals surface area contributed by atoms with Crippen molar-refractivity contribution in [3.8, 4) is 5.75 Å². The van der Waals surface area contributed by atoms with Gasteiger partial charge in [-0.1, -0.05) is 20.8 Å². The Morgan fingerprint density at radius 3 is 2.25 bits per heavy atom. The van der Waals surface area contributed by atoms with E-state index in [0.29, 0.717) is 3.57 Å². The minimum absolute atomic E-state index is 0.0804. The Labute approximate surface area is 144 Å². The van der Waals surface area contributed by atoms with Crippen LogP contribution in [-0.4, -0.2) is 28.1 Å². The van der Waals surface area contributed by atoms with Crippen LogP contribution >= 0.6 is 45.2 Å². The lowest BCUT2D eigenvalue weighted by atomic mass is 9.86. The zero-order valence-corrected chi connectivity index (χ0v) is 15.5. The van der Waals surface area contributed by atoms with E-state index in [1.54, 1.807) is 26.8 Å². The van der Waals surface area contributed by atoms with Crippen molar-refractivity contribution < 1.29 is 19.8 Å². The predicted octanol–water partition coefficient (Wildman–Crippen LogP) is 2.83. The highest BCUT2D eigenvalue weighted by Crippen LogP contribution is 2.28. The fourth-order valence-electron chi connectivity index (χ4n) is 1.60. The van der Waals surface area contributed by atoms with Crippen molar-refractivity contribution in [2.45, 2.75) is 26.8 Å². The molecule has 0 unspecified atom stereocenters. The van der Waals surface area contributed by atoms with Gasteiger partial charge in [-0.2, -0.15) is 0 Å². The summed E-state index contributed by atoms with van der Waals surface area (Å²) in [5.74, 6) is -1.84. The van der Waals surface area contributed by atoms with E-state index in [2.05, 4.69) is 5.32 Å². The maximum atomic E-state index is 12.2. The average molecular weight is 503 g/mol. The molecule has 1 amide bonds. The third-order valence-corrected chi connectivity index (χ3v) is 4.11. The highest BCUT2D eigenvalue weighted by molar-refractivity contribution is 14.1. The molecule has 1 aromatic carbocycles. The Balaban J connectivity index is 3.11. The summed E-state index contributed by atoms with van der Waals surface area (Å²) >= 11 is 3.95. The van der Waals surface area contributed by atoms with Crippen LogP contribution in [0.1, 0.15) is 31.1 Å². The van der Waals surface area contributed by atoms with Crippen LogP contribution in [0.15, 0.2) is 12.1 Å². The second kappa shape index (κ2) is 6.46. The van der Waals surface area contributed by atoms with Crippen LogP contribution in [0.2, 0.25) is 0 Å². The van der Waals surface area contributed by atoms with Gasteiger partial charge in [0.05, 0.1) is 9.13 Å². The number of carbonyl (C=O) groups excluding carboxylic acids is 1. The monoisotopic (exact) mass is 503 g/mol. The molecule has 0 aliphatic carbocycles. The number of aliphatic carboxylic acids is 1. The maximum absolute atomic E-state index is 12.2. The fraction of sp³-hybridized carbons (Fsp3) is 0.385. The van der Waals surface area contributed by atoms with E-state index < -0.39 is 23.3 Å². The highest BCUT2D eigenvalue weighted by atomic mass is 127. The Kier molecular flexibility index (Phi) is 5.64. The SMILES string of the molecule is CC(C)(C)[C@@H](NC(=O)c1cc(I)cc(I)c1O)C(=O)O. The molecule has 0 aliphatic heterocycles. The van der Waals surface area contributed by atoms with E-state index in [9.17, 15) is 19.8 Å². The van der Waals surface area contributed by atoms with Crippen molar-refractivity contribution in [3.63, 3.8) is 0 Å². The van der Waals surface area contributed by atoms with Gasteiger partial charge < -0.3 is 15.5 Å². The van der Waals surface area contributed by atoms with E-state index in [-0.39, 0.29) is 11.3 Å². The van der Waals surface area contributed by atoms with E-state index in [1.807, 2.05) is 45.2 Å². The van der Waals surface area contributed by atoms with Gasteiger partial charge in [0.1, 0.15) is 11.8 Å². The number of hydrogen-bond donors (Lipinski definition) is 3. The summed E-state index contributed by atoms with van der Waals surface area (Å²) < 4.78 is 1.33. The van der Waals surface area contributed by atoms with E-state index >= 15 is 0 Å². The summed E-state index contributed by atoms with van der Waals surface area (Å²) in [6.07, 6.45) is 0. The smallest absolute Gasteiger partial charge is 0.326 e. The minimum atomic E-state index is -1.11. The fourth-order valence-corrected chi connectivity index (χ4v) is 3.44. The lowest BCUT2D eigenvalue weighted by Gasteiger charge is -2.27. The lowest BCUT2D eigenvalue weighted by Crippen LogP contribution is -2.49. The molecule has 5 nitrogen and oxygen atoms in total. The van der Waals surface area contributed by atoms with Gasteiger partial charge in [0.15, 0.2) is 0 Å². The van der Waals surface area contributed by atoms with Crippen molar-refractivity contribution in [1.29, 1.82) is 0 Å². The number of carbonyl (C=O) groups is 2. The summed E-state index contributed by atoms with van der Waals surface area (Å²) in [7, 11) is 0. The molecule has 3 N–H and O–H groups in total. The van der Waals surface area contributed by atoms with Gasteiger partial charge in [0.25, 0.3) is 5.91 Å². The molecule has 1 aromatic rings. The molecule has 0 aliphatic rings. The molecule has 0 saturated heterocycles. The standard InChI is InChI=1S/C13H15I2NO4/c1-13(2,3)10(12(19)20)16-11(18)7-4-6(14)5-8(15)9(7)17/h4-5,10,17H,1-3H3,(H,16,18)(H,19,20)/t10-/m0/s1. The molecule has 110 valence electrons. The highest BCUT2D eigenvalue weighted by Gasteiger charge is 2.33. The van der Waals surface area contributed by atoms with Gasteiger partial charge in [-0.05, 0) is 62.7 Å². The largest absolute Gasteiger partial charge is 0.506 e. The second-order valence-corrected chi connectivity index (χ2v) is 7.80. The zero-order chi connectivity index (χ0) is 15.7. The van der Waals surface area contributed by atoms with E-state index in [0.717, 1.165) is 3.57 Å². The third-order valence-electron chi connectivity index (χ3n) is 2.66. The number of hydrogen-bond acceptors (Lipinski definition) is 3. The minimum Gasteiger partial charge on any atom is -0.506 e. The number of amides is 1. The molecular weight excluding hydrogens is 488 g/mol. The number of nitrogens with one attached hydrogen (secondary N) is 1. The molecule has 0 heterocycles. The molecular formula is C13H15I2NO4. The average Bonchev–Trinajstić information content (AvgIpc) is 2.28. The van der Waals surface area contributed by atoms with Crippen LogP contribution in [0.4, 0.5) is 0 Å². The molecule has 0 saturated carbocycles. The first-order valence-electron chi connectivity index (χ1n) is 5.75. The molecule has 0 spiro atoms. The number of halogens is 2. The third kappa shape index (κ3) is 4.21. The van der Waals surface area contributed by atoms with Crippen LogP contribution in [-0.2, 0) is 4.79 Å². The summed E-state index contributed by atoms with van der Waals surface area (Å²) in [6.45, 7) is 5.18. The second-order valence-electron chi connectivity index (χ2n) is 5.39. The number of carboxylic acids is 1. The summed E-state index contributed by atoms with van der Waals surface area (Å²) in [4.78, 5) is 23.4. The number of benzene rings is 1. The molecule has 1 atom stereocenters. The topological polar surface area (TPSA) is 86.6 Å². The van der Waals surface area contributed by atoms with Crippen LogP contribution in [0.3, 0.4) is 0 Å². The number of carboxylic acid groups (broad SMARTS) is 1. The van der Waals surface area contributed by atoms with Crippen molar-refractivity contribution in [1.82, 2.24) is 5.32 Å². The summed E-state index contributed by atoms with van der Waals surface area (Å²) in [5.41, 5.74) is -0.552. The molecule has 20 heavy (non-hydrogen) atoms. The number of aromatic hydroxyl groups is 1. The van der Waals surface area contributed by atoms with Crippen molar-refractivity contribution >= 4 is 57.1 Å². The van der Waals surface area contributed by atoms with Gasteiger partial charge >= 0.3 is 5.97 Å². The van der Waals surface area contributed by atoms with Crippen molar-refractivity contribution in [2.75, 3.05) is 0 Å². The Morgan fingerprint density at radius 1 is 1.25 bits per heavy atom. The first kappa shape index (κ1) is 17.5. The predicted molar refractivity (Wildman–Crippen MR) is 91.9 cm³/mol. The number of phenols is 1. The van der Waals surface area contributed by atoms with E-state index in [1.165, 1.54) is 6.07 Å². The van der Waals surface area contributed by atoms with Gasteiger partial charge in [0.2, 0.25) is 0 Å². The lowest BCUT2D eigenvalue weighted by molar-refractivity contribution is -0.142. The van der Waals surface area contributed by atoms with E-state index in [4.69, 9.17) is 0 Å². The molecule has 0 radical (unpaired) electrons. The first-order chi connectivity index (χ1) is 9.04. The Hall–Kier alpha value is -0.580. The van der Waals surface area contributed by atoms with Crippen LogP contribution in [0.25, 0.3) is 0 Å². The van der Waals surface area contributed by atoms with Gasteiger partial charge in [-0.3, -0.25) is 4.79 Å². The normalized spacial score (nSPS) is 12.8. The van der Waals surface area contributed by atoms with Crippen LogP contribution in [0, 0.1) is 12.6 Å². The number of rotatable bonds is 3. The molecule has 0 fully saturated rings. The maximum Gasteiger partial charge on any atom is 0.326 e. The molecule has 0 aromatic heterocycles. The number of phenolic OH excluding ortho intramolecular Hbond substituents is 1. The molecule has 1 rings (SSSR count). The molecule has 0 bridgehead atoms. The Bertz CT molecular complexity index is 552. The van der Waals surface area contributed by atoms with Gasteiger partial charge in [-0.25, -0.2) is 4.79 Å². The van der Waals surface area contributed by atoms with Crippen LogP contribution in [0.5, 0.6) is 5.75 Å². The van der Waals surface area contributed by atoms with Crippen molar-refractivity contribution in [3.05, 3.63) is 24.8 Å². The molecule has 7 heteroatoms. The van der Waals surface area contributed by atoms with Gasteiger partial charge in [0, 0.05) is 3.57 Å². The summed E-state index contributed by atoms with van der Waals surface area (Å²) in [6, 6.07) is 2.21. The quantitative estimate of drug-likeness (QED) is 0.555. The van der Waals surface area contributed by atoms with Gasteiger partial charge in [-0.15, -0.1) is 0 Å². The Morgan fingerprint density at radius 2 is 1.80 bits per heavy atom. The first-order valence-corrected chi connectivity index (χ1v) is 7.91. The van der Waals surface area contributed by atoms with Crippen molar-refractivity contribution in [2.24, 2.45) is 5.41 Å². The summed E-state index contributed by atoms with van der Waals surface area (Å²) in [5, 5.41) is 21.6. The van der Waals surface area contributed by atoms with Crippen LogP contribution < -0.4 is 5.32 Å².